The van der Waals surface area contributed by atoms with Gasteiger partial charge in [0.15, 0.2) is 0 Å². The van der Waals surface area contributed by atoms with Crippen LogP contribution < -0.4 is 5.32 Å². The summed E-state index contributed by atoms with van der Waals surface area (Å²) in [5.74, 6) is -0.680. The molecule has 1 aromatic rings. The van der Waals surface area contributed by atoms with Crippen LogP contribution in [0.4, 0.5) is 0 Å². The van der Waals surface area contributed by atoms with Gasteiger partial charge >= 0.3 is 5.97 Å². The minimum Gasteiger partial charge on any atom is -0.480 e. The summed E-state index contributed by atoms with van der Waals surface area (Å²) in [6.45, 7) is 2.65. The lowest BCUT2D eigenvalue weighted by molar-refractivity contribution is -0.141. The normalized spacial score (nSPS) is 21.5. The lowest BCUT2D eigenvalue weighted by Crippen LogP contribution is -2.45. The number of nitrogens with one attached hydrogen (secondary N) is 1. The molecule has 5 nitrogen and oxygen atoms in total. The van der Waals surface area contributed by atoms with E-state index in [9.17, 15) is 14.7 Å². The van der Waals surface area contributed by atoms with Crippen LogP contribution in [0.15, 0.2) is 24.3 Å². The molecule has 0 spiro atoms. The number of rotatable bonds is 5. The molecule has 2 rings (SSSR count). The SMILES string of the molecule is CNCCc1ccccc1C(=O)N1C(C)SCC1C(=O)O. The third-order valence-corrected chi connectivity index (χ3v) is 4.85. The van der Waals surface area contributed by atoms with Gasteiger partial charge in [-0.3, -0.25) is 4.79 Å². The molecular weight excluding hydrogens is 288 g/mol. The van der Waals surface area contributed by atoms with Gasteiger partial charge in [0.2, 0.25) is 0 Å². The molecule has 1 heterocycles. The number of carboxylic acids is 1. The quantitative estimate of drug-likeness (QED) is 0.861. The lowest BCUT2D eigenvalue weighted by Gasteiger charge is -2.26. The fourth-order valence-electron chi connectivity index (χ4n) is 2.49. The molecule has 21 heavy (non-hydrogen) atoms. The Morgan fingerprint density at radius 3 is 2.81 bits per heavy atom. The van der Waals surface area contributed by atoms with Gasteiger partial charge in [0, 0.05) is 11.3 Å². The molecule has 1 aliphatic rings. The number of likely N-dealkylation sites (N-methyl/N-ethyl adjacent to an activating group) is 1. The van der Waals surface area contributed by atoms with E-state index in [0.29, 0.717) is 11.3 Å². The second kappa shape index (κ2) is 6.95. The first-order chi connectivity index (χ1) is 10.1. The van der Waals surface area contributed by atoms with Crippen LogP contribution >= 0.6 is 11.8 Å². The van der Waals surface area contributed by atoms with E-state index in [1.54, 1.807) is 6.07 Å². The van der Waals surface area contributed by atoms with Crippen molar-refractivity contribution in [3.63, 3.8) is 0 Å². The molecule has 1 aromatic carbocycles. The molecule has 2 atom stereocenters. The number of aliphatic carboxylic acids is 1. The van der Waals surface area contributed by atoms with Crippen LogP contribution in [-0.2, 0) is 11.2 Å². The van der Waals surface area contributed by atoms with Gasteiger partial charge < -0.3 is 15.3 Å². The summed E-state index contributed by atoms with van der Waals surface area (Å²) in [4.78, 5) is 25.6. The predicted octanol–water partition coefficient (Wildman–Crippen LogP) is 1.44. The Kier molecular flexibility index (Phi) is 5.25. The molecule has 2 N–H and O–H groups in total. The highest BCUT2D eigenvalue weighted by molar-refractivity contribution is 8.00. The Hall–Kier alpha value is -1.53. The molecule has 0 bridgehead atoms. The monoisotopic (exact) mass is 308 g/mol. The molecule has 6 heteroatoms. The molecule has 2 unspecified atom stereocenters. The third-order valence-electron chi connectivity index (χ3n) is 3.63. The standard InChI is InChI=1S/C15H20N2O3S/c1-10-17(13(9-21-10)15(19)20)14(18)12-6-4-3-5-11(12)7-8-16-2/h3-6,10,13,16H,7-9H2,1-2H3,(H,19,20). The highest BCUT2D eigenvalue weighted by Crippen LogP contribution is 2.31. The number of hydrogen-bond acceptors (Lipinski definition) is 4. The maximum Gasteiger partial charge on any atom is 0.327 e. The van der Waals surface area contributed by atoms with Crippen LogP contribution in [0.25, 0.3) is 0 Å². The minimum absolute atomic E-state index is 0.115. The summed E-state index contributed by atoms with van der Waals surface area (Å²) in [6.07, 6.45) is 0.742. The van der Waals surface area contributed by atoms with Crippen LogP contribution in [0.1, 0.15) is 22.8 Å². The minimum atomic E-state index is -0.937. The van der Waals surface area contributed by atoms with Crippen LogP contribution in [0, 0.1) is 0 Å². The molecule has 1 fully saturated rings. The zero-order chi connectivity index (χ0) is 15.4. The Morgan fingerprint density at radius 2 is 2.14 bits per heavy atom. The fourth-order valence-corrected chi connectivity index (χ4v) is 3.65. The molecule has 0 aromatic heterocycles. The molecular formula is C15H20N2O3S. The van der Waals surface area contributed by atoms with E-state index < -0.39 is 12.0 Å². The molecule has 0 radical (unpaired) electrons. The maximum atomic E-state index is 12.8. The average molecular weight is 308 g/mol. The van der Waals surface area contributed by atoms with E-state index in [-0.39, 0.29) is 11.3 Å². The van der Waals surface area contributed by atoms with E-state index in [0.717, 1.165) is 18.5 Å². The highest BCUT2D eigenvalue weighted by atomic mass is 32.2. The first-order valence-electron chi connectivity index (χ1n) is 6.95. The Balaban J connectivity index is 2.28. The van der Waals surface area contributed by atoms with Gasteiger partial charge in [-0.2, -0.15) is 0 Å². The number of benzene rings is 1. The third kappa shape index (κ3) is 3.39. The molecule has 114 valence electrons. The number of carbonyl (C=O) groups excluding carboxylic acids is 1. The van der Waals surface area contributed by atoms with Gasteiger partial charge in [-0.15, -0.1) is 11.8 Å². The first-order valence-corrected chi connectivity index (χ1v) is 8.00. The van der Waals surface area contributed by atoms with Gasteiger partial charge in [-0.25, -0.2) is 4.79 Å². The molecule has 1 aliphatic heterocycles. The van der Waals surface area contributed by atoms with Gasteiger partial charge in [-0.1, -0.05) is 18.2 Å². The van der Waals surface area contributed by atoms with Crippen molar-refractivity contribution in [2.24, 2.45) is 0 Å². The van der Waals surface area contributed by atoms with Gasteiger partial charge in [0.25, 0.3) is 5.91 Å². The summed E-state index contributed by atoms with van der Waals surface area (Å²) in [7, 11) is 1.87. The van der Waals surface area contributed by atoms with E-state index >= 15 is 0 Å². The number of carbonyl (C=O) groups is 2. The summed E-state index contributed by atoms with van der Waals surface area (Å²) in [5, 5.41) is 12.2. The largest absolute Gasteiger partial charge is 0.480 e. The molecule has 0 aliphatic carbocycles. The topological polar surface area (TPSA) is 69.6 Å². The van der Waals surface area contributed by atoms with Crippen LogP contribution in [-0.4, -0.2) is 52.6 Å². The summed E-state index contributed by atoms with van der Waals surface area (Å²) >= 11 is 1.50. The zero-order valence-corrected chi connectivity index (χ0v) is 13.0. The van der Waals surface area contributed by atoms with E-state index in [1.165, 1.54) is 16.7 Å². The van der Waals surface area contributed by atoms with Crippen molar-refractivity contribution in [1.29, 1.82) is 0 Å². The number of carboxylic acid groups (broad SMARTS) is 1. The number of amides is 1. The Labute approximate surface area is 128 Å². The smallest absolute Gasteiger partial charge is 0.327 e. The highest BCUT2D eigenvalue weighted by Gasteiger charge is 2.40. The zero-order valence-electron chi connectivity index (χ0n) is 12.2. The van der Waals surface area contributed by atoms with Crippen molar-refractivity contribution < 1.29 is 14.7 Å². The Bertz CT molecular complexity index is 535. The maximum absolute atomic E-state index is 12.8. The van der Waals surface area contributed by atoms with Crippen molar-refractivity contribution >= 4 is 23.6 Å². The molecule has 0 saturated carbocycles. The van der Waals surface area contributed by atoms with Crippen molar-refractivity contribution in [3.8, 4) is 0 Å². The van der Waals surface area contributed by atoms with Gasteiger partial charge in [0.1, 0.15) is 6.04 Å². The second-order valence-corrected chi connectivity index (χ2v) is 6.36. The van der Waals surface area contributed by atoms with Crippen molar-refractivity contribution in [1.82, 2.24) is 10.2 Å². The van der Waals surface area contributed by atoms with Gasteiger partial charge in [-0.05, 0) is 38.6 Å². The first kappa shape index (κ1) is 15.9. The van der Waals surface area contributed by atoms with Crippen LogP contribution in [0.3, 0.4) is 0 Å². The van der Waals surface area contributed by atoms with E-state index in [1.807, 2.05) is 32.2 Å². The molecule has 1 saturated heterocycles. The van der Waals surface area contributed by atoms with E-state index in [2.05, 4.69) is 5.32 Å². The predicted molar refractivity (Wildman–Crippen MR) is 83.6 cm³/mol. The van der Waals surface area contributed by atoms with E-state index in [4.69, 9.17) is 0 Å². The fraction of sp³-hybridized carbons (Fsp3) is 0.467. The van der Waals surface area contributed by atoms with Crippen molar-refractivity contribution in [3.05, 3.63) is 35.4 Å². The Morgan fingerprint density at radius 1 is 1.43 bits per heavy atom. The summed E-state index contributed by atoms with van der Waals surface area (Å²) < 4.78 is 0. The van der Waals surface area contributed by atoms with Crippen molar-refractivity contribution in [2.45, 2.75) is 24.8 Å². The molecule has 1 amide bonds. The van der Waals surface area contributed by atoms with Crippen LogP contribution in [0.2, 0.25) is 0 Å². The average Bonchev–Trinajstić information content (AvgIpc) is 2.86. The van der Waals surface area contributed by atoms with Gasteiger partial charge in [0.05, 0.1) is 5.37 Å². The lowest BCUT2D eigenvalue weighted by atomic mass is 10.0. The van der Waals surface area contributed by atoms with Crippen molar-refractivity contribution in [2.75, 3.05) is 19.3 Å². The summed E-state index contributed by atoms with van der Waals surface area (Å²) in [6, 6.07) is 6.68. The van der Waals surface area contributed by atoms with Crippen LogP contribution in [0.5, 0.6) is 0 Å². The second-order valence-electron chi connectivity index (χ2n) is 5.01. The summed E-state index contributed by atoms with van der Waals surface area (Å²) in [5.41, 5.74) is 1.55. The number of thioether (sulfide) groups is 1. The number of hydrogen-bond donors (Lipinski definition) is 2. The number of nitrogens with zero attached hydrogens (tertiary/aromatic N) is 1.